The first-order valence-corrected chi connectivity index (χ1v) is 10.2. The van der Waals surface area contributed by atoms with E-state index in [2.05, 4.69) is 0 Å². The Balaban J connectivity index is 1.78. The van der Waals surface area contributed by atoms with Gasteiger partial charge in [0.15, 0.2) is 6.10 Å². The molecule has 0 N–H and O–H groups in total. The summed E-state index contributed by atoms with van der Waals surface area (Å²) in [6.45, 7) is 2.27. The van der Waals surface area contributed by atoms with Crippen LogP contribution in [0.2, 0.25) is 0 Å². The highest BCUT2D eigenvalue weighted by atomic mass is 16.5. The van der Waals surface area contributed by atoms with Crippen molar-refractivity contribution in [3.63, 3.8) is 0 Å². The summed E-state index contributed by atoms with van der Waals surface area (Å²) in [6, 6.07) is 25.4. The van der Waals surface area contributed by atoms with E-state index in [0.717, 1.165) is 11.1 Å². The molecule has 0 saturated heterocycles. The second-order valence-corrected chi connectivity index (χ2v) is 7.25. The van der Waals surface area contributed by atoms with E-state index in [4.69, 9.17) is 9.47 Å². The molecule has 1 amide bonds. The van der Waals surface area contributed by atoms with E-state index in [0.29, 0.717) is 13.1 Å². The molecule has 0 aromatic heterocycles. The van der Waals surface area contributed by atoms with E-state index in [-0.39, 0.29) is 17.0 Å². The summed E-state index contributed by atoms with van der Waals surface area (Å²) in [5, 5.41) is 0. The van der Waals surface area contributed by atoms with Crippen LogP contribution in [-0.2, 0) is 27.4 Å². The Labute approximate surface area is 187 Å². The number of esters is 2. The molecule has 0 aliphatic carbocycles. The van der Waals surface area contributed by atoms with Crippen molar-refractivity contribution < 1.29 is 23.9 Å². The highest BCUT2D eigenvalue weighted by molar-refractivity contribution is 6.03. The van der Waals surface area contributed by atoms with Crippen molar-refractivity contribution in [3.8, 4) is 0 Å². The third kappa shape index (κ3) is 5.82. The number of methoxy groups -OCH3 is 1. The van der Waals surface area contributed by atoms with Crippen LogP contribution >= 0.6 is 0 Å². The molecule has 0 radical (unpaired) electrons. The number of hydrogen-bond donors (Lipinski definition) is 0. The molecular weight excluding hydrogens is 406 g/mol. The van der Waals surface area contributed by atoms with Crippen LogP contribution in [0.4, 0.5) is 0 Å². The van der Waals surface area contributed by atoms with Crippen LogP contribution in [0.1, 0.15) is 38.8 Å². The first-order valence-electron chi connectivity index (χ1n) is 10.2. The minimum absolute atomic E-state index is 0.0525. The number of rotatable bonds is 8. The van der Waals surface area contributed by atoms with Gasteiger partial charge in [-0.1, -0.05) is 72.8 Å². The van der Waals surface area contributed by atoms with E-state index in [1.165, 1.54) is 26.2 Å². The number of benzene rings is 3. The van der Waals surface area contributed by atoms with Crippen molar-refractivity contribution in [1.82, 2.24) is 4.90 Å². The molecule has 3 aromatic rings. The largest absolute Gasteiger partial charge is 0.465 e. The average molecular weight is 431 g/mol. The number of ether oxygens (including phenoxy) is 2. The van der Waals surface area contributed by atoms with Gasteiger partial charge in [-0.25, -0.2) is 9.59 Å². The lowest BCUT2D eigenvalue weighted by Gasteiger charge is -2.26. The third-order valence-corrected chi connectivity index (χ3v) is 4.93. The molecule has 0 spiro atoms. The van der Waals surface area contributed by atoms with Crippen molar-refractivity contribution in [3.05, 3.63) is 107 Å². The third-order valence-electron chi connectivity index (χ3n) is 4.93. The number of carbonyl (C=O) groups excluding carboxylic acids is 3. The quantitative estimate of drug-likeness (QED) is 0.499. The van der Waals surface area contributed by atoms with Crippen molar-refractivity contribution in [1.29, 1.82) is 0 Å². The maximum absolute atomic E-state index is 13.3. The lowest BCUT2D eigenvalue weighted by Crippen LogP contribution is -2.39. The van der Waals surface area contributed by atoms with Gasteiger partial charge in [0.25, 0.3) is 5.91 Å². The number of carbonyl (C=O) groups is 3. The summed E-state index contributed by atoms with van der Waals surface area (Å²) in [4.78, 5) is 39.6. The summed E-state index contributed by atoms with van der Waals surface area (Å²) in [5.41, 5.74) is 2.07. The normalized spacial score (nSPS) is 11.3. The molecule has 0 heterocycles. The second-order valence-electron chi connectivity index (χ2n) is 7.25. The fourth-order valence-corrected chi connectivity index (χ4v) is 3.30. The molecule has 0 aliphatic rings. The van der Waals surface area contributed by atoms with Gasteiger partial charge in [-0.15, -0.1) is 0 Å². The predicted molar refractivity (Wildman–Crippen MR) is 120 cm³/mol. The SMILES string of the molecule is COC(=O)c1ccccc1C(=O)OC(C)C(=O)N(Cc1ccccc1)Cc1ccccc1. The second kappa shape index (κ2) is 10.9. The molecule has 6 nitrogen and oxygen atoms in total. The van der Waals surface area contributed by atoms with Gasteiger partial charge in [0.05, 0.1) is 18.2 Å². The number of hydrogen-bond acceptors (Lipinski definition) is 5. The van der Waals surface area contributed by atoms with Gasteiger partial charge in [-0.05, 0) is 30.2 Å². The molecule has 32 heavy (non-hydrogen) atoms. The number of nitrogens with zero attached hydrogens (tertiary/aromatic N) is 1. The topological polar surface area (TPSA) is 72.9 Å². The van der Waals surface area contributed by atoms with Crippen LogP contribution in [0.25, 0.3) is 0 Å². The zero-order valence-corrected chi connectivity index (χ0v) is 18.1. The molecule has 0 aliphatic heterocycles. The van der Waals surface area contributed by atoms with Gasteiger partial charge in [-0.2, -0.15) is 0 Å². The Kier molecular flexibility index (Phi) is 7.75. The summed E-state index contributed by atoms with van der Waals surface area (Å²) >= 11 is 0. The first-order chi connectivity index (χ1) is 15.5. The minimum Gasteiger partial charge on any atom is -0.465 e. The molecule has 6 heteroatoms. The van der Waals surface area contributed by atoms with Gasteiger partial charge in [0.2, 0.25) is 0 Å². The van der Waals surface area contributed by atoms with Crippen LogP contribution in [0.5, 0.6) is 0 Å². The van der Waals surface area contributed by atoms with Crippen molar-refractivity contribution >= 4 is 17.8 Å². The van der Waals surface area contributed by atoms with Gasteiger partial charge in [0.1, 0.15) is 0 Å². The molecule has 3 aromatic carbocycles. The van der Waals surface area contributed by atoms with E-state index < -0.39 is 18.0 Å². The molecule has 0 fully saturated rings. The van der Waals surface area contributed by atoms with Gasteiger partial charge < -0.3 is 14.4 Å². The summed E-state index contributed by atoms with van der Waals surface area (Å²) in [6.07, 6.45) is -1.04. The van der Waals surface area contributed by atoms with Gasteiger partial charge >= 0.3 is 11.9 Å². The van der Waals surface area contributed by atoms with Crippen LogP contribution in [-0.4, -0.2) is 36.0 Å². The lowest BCUT2D eigenvalue weighted by atomic mass is 10.1. The molecule has 0 bridgehead atoms. The first kappa shape index (κ1) is 22.7. The molecule has 1 atom stereocenters. The van der Waals surface area contributed by atoms with Crippen LogP contribution in [0, 0.1) is 0 Å². The maximum atomic E-state index is 13.3. The van der Waals surface area contributed by atoms with E-state index in [9.17, 15) is 14.4 Å². The van der Waals surface area contributed by atoms with Crippen molar-refractivity contribution in [2.75, 3.05) is 7.11 Å². The van der Waals surface area contributed by atoms with E-state index in [1.54, 1.807) is 17.0 Å². The Morgan fingerprint density at radius 3 is 1.62 bits per heavy atom. The van der Waals surface area contributed by atoms with Crippen molar-refractivity contribution in [2.45, 2.75) is 26.1 Å². The summed E-state index contributed by atoms with van der Waals surface area (Å²) < 4.78 is 10.2. The molecule has 0 saturated carbocycles. The minimum atomic E-state index is -1.04. The van der Waals surface area contributed by atoms with Crippen molar-refractivity contribution in [2.24, 2.45) is 0 Å². The smallest absolute Gasteiger partial charge is 0.339 e. The molecule has 164 valence electrons. The Morgan fingerprint density at radius 2 is 1.16 bits per heavy atom. The highest BCUT2D eigenvalue weighted by Gasteiger charge is 2.27. The van der Waals surface area contributed by atoms with E-state index in [1.807, 2.05) is 60.7 Å². The Morgan fingerprint density at radius 1 is 0.719 bits per heavy atom. The lowest BCUT2D eigenvalue weighted by molar-refractivity contribution is -0.141. The van der Waals surface area contributed by atoms with Gasteiger partial charge in [-0.3, -0.25) is 4.79 Å². The Bertz CT molecular complexity index is 1020. The number of amides is 1. The zero-order chi connectivity index (χ0) is 22.9. The van der Waals surface area contributed by atoms with Crippen LogP contribution < -0.4 is 0 Å². The standard InChI is InChI=1S/C26H25NO5/c1-19(32-26(30)23-16-10-9-15-22(23)25(29)31-2)24(28)27(17-20-11-5-3-6-12-20)18-21-13-7-4-8-14-21/h3-16,19H,17-18H2,1-2H3. The summed E-state index contributed by atoms with van der Waals surface area (Å²) in [5.74, 6) is -1.74. The van der Waals surface area contributed by atoms with Crippen LogP contribution in [0.3, 0.4) is 0 Å². The van der Waals surface area contributed by atoms with Gasteiger partial charge in [0, 0.05) is 13.1 Å². The fourth-order valence-electron chi connectivity index (χ4n) is 3.30. The summed E-state index contributed by atoms with van der Waals surface area (Å²) in [7, 11) is 1.24. The fraction of sp³-hybridized carbons (Fsp3) is 0.192. The monoisotopic (exact) mass is 431 g/mol. The average Bonchev–Trinajstić information content (AvgIpc) is 2.83. The molecule has 3 rings (SSSR count). The Hall–Kier alpha value is -3.93. The maximum Gasteiger partial charge on any atom is 0.339 e. The van der Waals surface area contributed by atoms with Crippen LogP contribution in [0.15, 0.2) is 84.9 Å². The highest BCUT2D eigenvalue weighted by Crippen LogP contribution is 2.16. The molecule has 1 unspecified atom stereocenters. The molecular formula is C26H25NO5. The zero-order valence-electron chi connectivity index (χ0n) is 18.1. The predicted octanol–water partition coefficient (Wildman–Crippen LogP) is 4.25. The van der Waals surface area contributed by atoms with E-state index >= 15 is 0 Å².